The molecule has 6 heteroatoms. The largest absolute Gasteiger partial charge is 0.461 e. The Morgan fingerprint density at radius 2 is 1.88 bits per heavy atom. The molecule has 3 aliphatic heterocycles. The van der Waals surface area contributed by atoms with Crippen molar-refractivity contribution < 1.29 is 28.9 Å². The summed E-state index contributed by atoms with van der Waals surface area (Å²) < 4.78 is 17.2. The van der Waals surface area contributed by atoms with Gasteiger partial charge in [-0.15, -0.1) is 0 Å². The van der Waals surface area contributed by atoms with Crippen molar-refractivity contribution in [3.8, 4) is 0 Å². The predicted octanol–water partition coefficient (Wildman–Crippen LogP) is 2.09. The van der Waals surface area contributed by atoms with E-state index in [2.05, 4.69) is 20.8 Å². The van der Waals surface area contributed by atoms with Crippen molar-refractivity contribution in [1.29, 1.82) is 0 Å². The van der Waals surface area contributed by atoms with Gasteiger partial charge in [0.15, 0.2) is 0 Å². The molecule has 0 aromatic heterocycles. The van der Waals surface area contributed by atoms with Gasteiger partial charge in [0.2, 0.25) is 6.29 Å². The zero-order chi connectivity index (χ0) is 18.5. The number of ether oxygens (including phenoxy) is 3. The summed E-state index contributed by atoms with van der Waals surface area (Å²) in [6.45, 7) is 6.57. The van der Waals surface area contributed by atoms with E-state index in [4.69, 9.17) is 14.2 Å². The second kappa shape index (κ2) is 4.90. The van der Waals surface area contributed by atoms with E-state index in [0.717, 1.165) is 19.3 Å². The van der Waals surface area contributed by atoms with E-state index in [1.807, 2.05) is 0 Å². The smallest absolute Gasteiger partial charge is 0.339 e. The van der Waals surface area contributed by atoms with Crippen molar-refractivity contribution in [3.05, 3.63) is 11.6 Å². The zero-order valence-electron chi connectivity index (χ0n) is 15.5. The van der Waals surface area contributed by atoms with Gasteiger partial charge in [0.1, 0.15) is 6.10 Å². The summed E-state index contributed by atoms with van der Waals surface area (Å²) in [6.07, 6.45) is 4.10. The molecule has 2 saturated heterocycles. The fraction of sp³-hybridized carbons (Fsp3) is 0.800. The average Bonchev–Trinajstić information content (AvgIpc) is 3.11. The number of aliphatic hydroxyl groups excluding tert-OH is 1. The molecule has 5 rings (SSSR count). The van der Waals surface area contributed by atoms with Crippen molar-refractivity contribution in [3.63, 3.8) is 0 Å². The topological polar surface area (TPSA) is 82.1 Å². The summed E-state index contributed by atoms with van der Waals surface area (Å²) in [5.41, 5.74) is -0.377. The van der Waals surface area contributed by atoms with Crippen LogP contribution in [0.1, 0.15) is 52.9 Å². The van der Waals surface area contributed by atoms with Gasteiger partial charge in [0, 0.05) is 17.3 Å². The number of esters is 2. The number of rotatable bonds is 1. The van der Waals surface area contributed by atoms with Gasteiger partial charge in [-0.1, -0.05) is 20.3 Å². The zero-order valence-corrected chi connectivity index (χ0v) is 15.5. The molecule has 2 aliphatic carbocycles. The molecule has 0 aromatic carbocycles. The van der Waals surface area contributed by atoms with Gasteiger partial charge in [0.05, 0.1) is 23.2 Å². The van der Waals surface area contributed by atoms with Crippen molar-refractivity contribution in [2.75, 3.05) is 0 Å². The van der Waals surface area contributed by atoms with Crippen LogP contribution in [0.3, 0.4) is 0 Å². The molecule has 6 nitrogen and oxygen atoms in total. The standard InChI is InChI=1S/C20H26O6/c1-18-8-12(10-7-15(21)25-16(10)22)26-19(18,2)9-14-20(3)11(17(23)24-14)5-4-6-13(18)20/h7,11-15,21H,4-6,8-9H2,1-3H3. The summed E-state index contributed by atoms with van der Waals surface area (Å²) in [7, 11) is 0. The van der Waals surface area contributed by atoms with Gasteiger partial charge in [-0.05, 0) is 38.2 Å². The number of hydrogen-bond acceptors (Lipinski definition) is 6. The first kappa shape index (κ1) is 16.8. The minimum Gasteiger partial charge on any atom is -0.461 e. The molecule has 4 fully saturated rings. The molecule has 142 valence electrons. The van der Waals surface area contributed by atoms with E-state index < -0.39 is 17.9 Å². The van der Waals surface area contributed by atoms with E-state index in [1.54, 1.807) is 0 Å². The molecule has 1 N–H and O–H groups in total. The number of cyclic esters (lactones) is 1. The van der Waals surface area contributed by atoms with Crippen LogP contribution in [0, 0.1) is 22.7 Å². The Balaban J connectivity index is 1.55. The highest BCUT2D eigenvalue weighted by atomic mass is 16.6. The maximum atomic E-state index is 12.5. The third-order valence-corrected chi connectivity index (χ3v) is 8.42. The SMILES string of the molecule is CC12C3CC4(C)OC(C5=CC(O)OC5=O)CC4(C)C1CCCC2C(=O)O3. The fourth-order valence-electron chi connectivity index (χ4n) is 6.91. The second-order valence-corrected chi connectivity index (χ2v) is 9.41. The summed E-state index contributed by atoms with van der Waals surface area (Å²) in [4.78, 5) is 24.6. The Hall–Kier alpha value is -1.40. The number of carbonyl (C=O) groups excluding carboxylic acids is 2. The van der Waals surface area contributed by atoms with Crippen LogP contribution in [0.5, 0.6) is 0 Å². The highest BCUT2D eigenvalue weighted by Gasteiger charge is 2.73. The van der Waals surface area contributed by atoms with Gasteiger partial charge in [0.25, 0.3) is 0 Å². The molecule has 0 spiro atoms. The molecular weight excluding hydrogens is 336 g/mol. The van der Waals surface area contributed by atoms with Crippen LogP contribution < -0.4 is 0 Å². The van der Waals surface area contributed by atoms with Gasteiger partial charge < -0.3 is 19.3 Å². The minimum absolute atomic E-state index is 0.0239. The molecule has 8 atom stereocenters. The van der Waals surface area contributed by atoms with Crippen LogP contribution in [-0.2, 0) is 23.8 Å². The highest BCUT2D eigenvalue weighted by Crippen LogP contribution is 2.70. The molecular formula is C20H26O6. The lowest BCUT2D eigenvalue weighted by atomic mass is 9.44. The van der Waals surface area contributed by atoms with Crippen molar-refractivity contribution in [2.24, 2.45) is 22.7 Å². The van der Waals surface area contributed by atoms with E-state index in [1.165, 1.54) is 6.08 Å². The van der Waals surface area contributed by atoms with E-state index in [-0.39, 0.29) is 34.9 Å². The van der Waals surface area contributed by atoms with Crippen LogP contribution in [0.15, 0.2) is 11.6 Å². The average molecular weight is 362 g/mol. The van der Waals surface area contributed by atoms with Gasteiger partial charge in [-0.3, -0.25) is 4.79 Å². The molecule has 0 aromatic rings. The summed E-state index contributed by atoms with van der Waals surface area (Å²) in [6, 6.07) is 0. The summed E-state index contributed by atoms with van der Waals surface area (Å²) in [5.74, 6) is -0.259. The lowest BCUT2D eigenvalue weighted by molar-refractivity contribution is -0.194. The van der Waals surface area contributed by atoms with Gasteiger partial charge in [-0.25, -0.2) is 4.79 Å². The van der Waals surface area contributed by atoms with Gasteiger partial charge in [-0.2, -0.15) is 0 Å². The highest BCUT2D eigenvalue weighted by molar-refractivity contribution is 5.92. The van der Waals surface area contributed by atoms with Crippen molar-refractivity contribution in [1.82, 2.24) is 0 Å². The Labute approximate surface area is 152 Å². The first-order valence-corrected chi connectivity index (χ1v) is 9.68. The number of carbonyl (C=O) groups is 2. The fourth-order valence-corrected chi connectivity index (χ4v) is 6.91. The first-order chi connectivity index (χ1) is 12.2. The van der Waals surface area contributed by atoms with E-state index in [0.29, 0.717) is 24.3 Å². The maximum Gasteiger partial charge on any atom is 0.339 e. The summed E-state index contributed by atoms with van der Waals surface area (Å²) >= 11 is 0. The predicted molar refractivity (Wildman–Crippen MR) is 89.6 cm³/mol. The lowest BCUT2D eigenvalue weighted by Crippen LogP contribution is -2.62. The third-order valence-electron chi connectivity index (χ3n) is 8.42. The molecule has 5 aliphatic rings. The van der Waals surface area contributed by atoms with E-state index in [9.17, 15) is 14.7 Å². The molecule has 8 unspecified atom stereocenters. The van der Waals surface area contributed by atoms with Gasteiger partial charge >= 0.3 is 11.9 Å². The molecule has 0 radical (unpaired) electrons. The number of aliphatic hydroxyl groups is 1. The van der Waals surface area contributed by atoms with E-state index >= 15 is 0 Å². The molecule has 0 amide bonds. The Kier molecular flexibility index (Phi) is 3.16. The monoisotopic (exact) mass is 362 g/mol. The van der Waals surface area contributed by atoms with Crippen LogP contribution in [0.4, 0.5) is 0 Å². The number of fused-ring (bicyclic) bond motifs is 2. The minimum atomic E-state index is -1.18. The summed E-state index contributed by atoms with van der Waals surface area (Å²) in [5, 5.41) is 9.63. The van der Waals surface area contributed by atoms with Crippen molar-refractivity contribution >= 4 is 11.9 Å². The lowest BCUT2D eigenvalue weighted by Gasteiger charge is -2.60. The van der Waals surface area contributed by atoms with Crippen molar-refractivity contribution in [2.45, 2.75) is 77.0 Å². The van der Waals surface area contributed by atoms with Crippen LogP contribution >= 0.6 is 0 Å². The molecule has 26 heavy (non-hydrogen) atoms. The molecule has 3 heterocycles. The Morgan fingerprint density at radius 1 is 1.12 bits per heavy atom. The third kappa shape index (κ3) is 1.80. The first-order valence-electron chi connectivity index (χ1n) is 9.68. The maximum absolute atomic E-state index is 12.5. The van der Waals surface area contributed by atoms with Crippen LogP contribution in [0.25, 0.3) is 0 Å². The van der Waals surface area contributed by atoms with Crippen LogP contribution in [0.2, 0.25) is 0 Å². The normalized spacial score (nSPS) is 55.1. The second-order valence-electron chi connectivity index (χ2n) is 9.41. The molecule has 2 saturated carbocycles. The quantitative estimate of drug-likeness (QED) is 0.720. The van der Waals surface area contributed by atoms with Crippen LogP contribution in [-0.4, -0.2) is 41.1 Å². The number of hydrogen-bond donors (Lipinski definition) is 1. The molecule has 0 bridgehead atoms. The Morgan fingerprint density at radius 3 is 2.58 bits per heavy atom. The Bertz CT molecular complexity index is 730.